The predicted molar refractivity (Wildman–Crippen MR) is 91.6 cm³/mol. The van der Waals surface area contributed by atoms with Gasteiger partial charge in [-0.3, -0.25) is 4.79 Å². The lowest BCUT2D eigenvalue weighted by molar-refractivity contribution is 0.103. The molecule has 0 unspecified atom stereocenters. The molecule has 0 amide bonds. The molecule has 5 heteroatoms. The van der Waals surface area contributed by atoms with E-state index in [1.165, 1.54) is 48.9 Å². The van der Waals surface area contributed by atoms with Crippen LogP contribution in [0.4, 0.5) is 8.78 Å². The highest BCUT2D eigenvalue weighted by Gasteiger charge is 2.25. The highest BCUT2D eigenvalue weighted by molar-refractivity contribution is 6.14. The van der Waals surface area contributed by atoms with Gasteiger partial charge in [-0.1, -0.05) is 24.3 Å². The zero-order valence-corrected chi connectivity index (χ0v) is 13.4. The molecule has 0 aliphatic rings. The van der Waals surface area contributed by atoms with Crippen molar-refractivity contribution in [3.05, 3.63) is 96.0 Å². The van der Waals surface area contributed by atoms with E-state index in [2.05, 4.69) is 0 Å². The van der Waals surface area contributed by atoms with Crippen molar-refractivity contribution < 1.29 is 22.4 Å². The number of hydrogen-bond acceptors (Lipinski definition) is 3. The van der Waals surface area contributed by atoms with E-state index < -0.39 is 17.4 Å². The molecule has 0 aliphatic heterocycles. The Kier molecular flexibility index (Phi) is 3.97. The lowest BCUT2D eigenvalue weighted by atomic mass is 9.98. The third-order valence-corrected chi connectivity index (χ3v) is 4.06. The highest BCUT2D eigenvalue weighted by Crippen LogP contribution is 2.33. The second kappa shape index (κ2) is 6.44. The van der Waals surface area contributed by atoms with Gasteiger partial charge in [-0.2, -0.15) is 0 Å². The summed E-state index contributed by atoms with van der Waals surface area (Å²) in [6, 6.07) is 14.9. The fraction of sp³-hybridized carbons (Fsp3) is 0. The number of hydrogen-bond donors (Lipinski definition) is 0. The molecule has 3 nitrogen and oxygen atoms in total. The summed E-state index contributed by atoms with van der Waals surface area (Å²) in [7, 11) is 0. The van der Waals surface area contributed by atoms with Gasteiger partial charge in [-0.25, -0.2) is 8.78 Å². The third-order valence-electron chi connectivity index (χ3n) is 4.06. The zero-order chi connectivity index (χ0) is 18.1. The fourth-order valence-corrected chi connectivity index (χ4v) is 2.83. The molecule has 0 spiro atoms. The average molecular weight is 350 g/mol. The minimum absolute atomic E-state index is 0.119. The zero-order valence-electron chi connectivity index (χ0n) is 13.4. The summed E-state index contributed by atoms with van der Waals surface area (Å²) < 4.78 is 38.9. The Labute approximate surface area is 147 Å². The maximum absolute atomic E-state index is 14.1. The van der Waals surface area contributed by atoms with Gasteiger partial charge in [0.25, 0.3) is 0 Å². The van der Waals surface area contributed by atoms with Crippen LogP contribution in [0.1, 0.15) is 15.9 Å². The van der Waals surface area contributed by atoms with Crippen molar-refractivity contribution >= 4 is 5.78 Å². The fourth-order valence-electron chi connectivity index (χ4n) is 2.83. The Morgan fingerprint density at radius 2 is 1.08 bits per heavy atom. The first-order valence-electron chi connectivity index (χ1n) is 7.86. The number of carbonyl (C=O) groups excluding carboxylic acids is 1. The molecule has 0 radical (unpaired) electrons. The van der Waals surface area contributed by atoms with Crippen LogP contribution in [-0.4, -0.2) is 5.78 Å². The quantitative estimate of drug-likeness (QED) is 0.442. The third kappa shape index (κ3) is 2.63. The van der Waals surface area contributed by atoms with E-state index in [0.29, 0.717) is 0 Å². The van der Waals surface area contributed by atoms with E-state index in [-0.39, 0.29) is 33.8 Å². The van der Waals surface area contributed by atoms with E-state index in [0.717, 1.165) is 0 Å². The SMILES string of the molecule is O=C(c1ccoc1-c1ccccc1F)c1ccoc1-c1ccccc1F. The lowest BCUT2D eigenvalue weighted by Crippen LogP contribution is -2.03. The van der Waals surface area contributed by atoms with Gasteiger partial charge in [-0.15, -0.1) is 0 Å². The van der Waals surface area contributed by atoms with Crippen molar-refractivity contribution in [2.75, 3.05) is 0 Å². The second-order valence-electron chi connectivity index (χ2n) is 5.62. The van der Waals surface area contributed by atoms with Crippen molar-refractivity contribution in [1.82, 2.24) is 0 Å². The number of carbonyl (C=O) groups is 1. The normalized spacial score (nSPS) is 10.8. The molecule has 2 aromatic heterocycles. The van der Waals surface area contributed by atoms with Crippen LogP contribution in [0.15, 0.2) is 82.0 Å². The van der Waals surface area contributed by atoms with Crippen molar-refractivity contribution in [3.63, 3.8) is 0 Å². The van der Waals surface area contributed by atoms with E-state index in [4.69, 9.17) is 8.83 Å². The molecule has 128 valence electrons. The largest absolute Gasteiger partial charge is 0.463 e. The number of ketones is 1. The van der Waals surface area contributed by atoms with Gasteiger partial charge < -0.3 is 8.83 Å². The van der Waals surface area contributed by atoms with Crippen LogP contribution >= 0.6 is 0 Å². The van der Waals surface area contributed by atoms with E-state index in [1.807, 2.05) is 0 Å². The number of halogens is 2. The van der Waals surface area contributed by atoms with Crippen LogP contribution < -0.4 is 0 Å². The second-order valence-corrected chi connectivity index (χ2v) is 5.62. The summed E-state index contributed by atoms with van der Waals surface area (Å²) in [6.45, 7) is 0. The van der Waals surface area contributed by atoms with Crippen LogP contribution in [0.25, 0.3) is 22.6 Å². The molecule has 26 heavy (non-hydrogen) atoms. The minimum Gasteiger partial charge on any atom is -0.463 e. The van der Waals surface area contributed by atoms with Crippen LogP contribution in [-0.2, 0) is 0 Å². The van der Waals surface area contributed by atoms with Gasteiger partial charge in [0.1, 0.15) is 23.2 Å². The number of rotatable bonds is 4. The maximum Gasteiger partial charge on any atom is 0.200 e. The van der Waals surface area contributed by atoms with Gasteiger partial charge in [0.2, 0.25) is 5.78 Å². The molecule has 4 rings (SSSR count). The molecule has 2 aromatic carbocycles. The van der Waals surface area contributed by atoms with Gasteiger partial charge in [0, 0.05) is 0 Å². The maximum atomic E-state index is 14.1. The van der Waals surface area contributed by atoms with E-state index in [9.17, 15) is 13.6 Å². The summed E-state index contributed by atoms with van der Waals surface area (Å²) in [6.07, 6.45) is 2.63. The average Bonchev–Trinajstić information content (AvgIpc) is 3.31. The van der Waals surface area contributed by atoms with Crippen molar-refractivity contribution in [3.8, 4) is 22.6 Å². The first-order chi connectivity index (χ1) is 12.7. The van der Waals surface area contributed by atoms with Gasteiger partial charge in [0.05, 0.1) is 34.8 Å². The topological polar surface area (TPSA) is 43.4 Å². The van der Waals surface area contributed by atoms with E-state index in [1.54, 1.807) is 24.3 Å². The van der Waals surface area contributed by atoms with Crippen LogP contribution in [0.2, 0.25) is 0 Å². The van der Waals surface area contributed by atoms with Crippen LogP contribution in [0.3, 0.4) is 0 Å². The summed E-state index contributed by atoms with van der Waals surface area (Å²) in [5.41, 5.74) is 0.705. The Balaban J connectivity index is 1.81. The first kappa shape index (κ1) is 16.0. The molecule has 0 saturated carbocycles. The van der Waals surface area contributed by atoms with Gasteiger partial charge >= 0.3 is 0 Å². The van der Waals surface area contributed by atoms with Crippen LogP contribution in [0.5, 0.6) is 0 Å². The number of furan rings is 2. The smallest absolute Gasteiger partial charge is 0.200 e. The molecule has 0 saturated heterocycles. The molecular formula is C21H12F2O3. The van der Waals surface area contributed by atoms with Crippen LogP contribution in [0, 0.1) is 11.6 Å². The molecule has 0 atom stereocenters. The Hall–Kier alpha value is -3.47. The summed E-state index contributed by atoms with van der Waals surface area (Å²) in [5.74, 6) is -1.21. The Bertz CT molecular complexity index is 1010. The summed E-state index contributed by atoms with van der Waals surface area (Å²) in [4.78, 5) is 13.0. The lowest BCUT2D eigenvalue weighted by Gasteiger charge is -2.05. The van der Waals surface area contributed by atoms with Gasteiger partial charge in [-0.05, 0) is 36.4 Å². The van der Waals surface area contributed by atoms with Gasteiger partial charge in [0.15, 0.2) is 0 Å². The standard InChI is InChI=1S/C21H12F2O3/c22-17-7-3-1-5-13(17)20-15(9-11-25-20)19(24)16-10-12-26-21(16)14-6-2-4-8-18(14)23/h1-12H. The number of benzene rings is 2. The highest BCUT2D eigenvalue weighted by atomic mass is 19.1. The Morgan fingerprint density at radius 1 is 0.654 bits per heavy atom. The molecule has 0 N–H and O–H groups in total. The van der Waals surface area contributed by atoms with E-state index >= 15 is 0 Å². The molecule has 0 bridgehead atoms. The monoisotopic (exact) mass is 350 g/mol. The summed E-state index contributed by atoms with van der Waals surface area (Å²) >= 11 is 0. The molecule has 2 heterocycles. The first-order valence-corrected chi connectivity index (χ1v) is 7.86. The molecule has 0 fully saturated rings. The van der Waals surface area contributed by atoms with Crippen molar-refractivity contribution in [2.24, 2.45) is 0 Å². The van der Waals surface area contributed by atoms with Crippen molar-refractivity contribution in [2.45, 2.75) is 0 Å². The molecule has 0 aliphatic carbocycles. The molecular weight excluding hydrogens is 338 g/mol. The predicted octanol–water partition coefficient (Wildman–Crippen LogP) is 5.72. The summed E-state index contributed by atoms with van der Waals surface area (Å²) in [5, 5.41) is 0. The minimum atomic E-state index is -0.502. The van der Waals surface area contributed by atoms with Crippen molar-refractivity contribution in [1.29, 1.82) is 0 Å². The molecule has 4 aromatic rings. The Morgan fingerprint density at radius 3 is 1.50 bits per heavy atom.